The lowest BCUT2D eigenvalue weighted by Crippen LogP contribution is -2.41. The van der Waals surface area contributed by atoms with E-state index in [0.29, 0.717) is 17.3 Å². The summed E-state index contributed by atoms with van der Waals surface area (Å²) in [6, 6.07) is 9.53. The number of hydrogen-bond donors (Lipinski definition) is 1. The highest BCUT2D eigenvalue weighted by atomic mass is 79.9. The molecule has 0 atom stereocenters. The lowest BCUT2D eigenvalue weighted by atomic mass is 9.97. The Morgan fingerprint density at radius 1 is 1.11 bits per heavy atom. The molecule has 1 N–H and O–H groups in total. The summed E-state index contributed by atoms with van der Waals surface area (Å²) in [6.45, 7) is 4.34. The summed E-state index contributed by atoms with van der Waals surface area (Å²) in [5.74, 6) is -1.16. The van der Waals surface area contributed by atoms with Gasteiger partial charge in [0.05, 0.1) is 10.6 Å². The number of rotatable bonds is 4. The first-order valence-corrected chi connectivity index (χ1v) is 11.2. The standard InChI is InChI=1S/C20H22BrFN2O3S/c1-13-3-5-17(11-14(13)2)28(26,27)24-9-7-15(8-10-24)20(25)23-19-6-4-16(21)12-18(19)22/h3-6,11-12,15H,7-10H2,1-2H3,(H,23,25). The molecule has 1 amide bonds. The minimum Gasteiger partial charge on any atom is -0.323 e. The quantitative estimate of drug-likeness (QED) is 0.729. The Morgan fingerprint density at radius 2 is 1.79 bits per heavy atom. The molecule has 1 saturated heterocycles. The van der Waals surface area contributed by atoms with Gasteiger partial charge in [0.2, 0.25) is 15.9 Å². The van der Waals surface area contributed by atoms with E-state index in [0.717, 1.165) is 11.1 Å². The predicted octanol–water partition coefficient (Wildman–Crippen LogP) is 4.24. The van der Waals surface area contributed by atoms with Crippen molar-refractivity contribution in [2.45, 2.75) is 31.6 Å². The topological polar surface area (TPSA) is 66.5 Å². The largest absolute Gasteiger partial charge is 0.323 e. The number of amides is 1. The van der Waals surface area contributed by atoms with E-state index in [1.807, 2.05) is 13.8 Å². The number of halogens is 2. The van der Waals surface area contributed by atoms with Crippen LogP contribution in [0.15, 0.2) is 45.8 Å². The number of aryl methyl sites for hydroxylation is 2. The van der Waals surface area contributed by atoms with Crippen LogP contribution in [-0.2, 0) is 14.8 Å². The maximum atomic E-state index is 13.9. The normalized spacial score (nSPS) is 16.1. The summed E-state index contributed by atoms with van der Waals surface area (Å²) in [4.78, 5) is 12.7. The van der Waals surface area contributed by atoms with E-state index in [4.69, 9.17) is 0 Å². The summed E-state index contributed by atoms with van der Waals surface area (Å²) >= 11 is 3.18. The molecular weight excluding hydrogens is 447 g/mol. The average molecular weight is 469 g/mol. The lowest BCUT2D eigenvalue weighted by Gasteiger charge is -2.30. The fourth-order valence-electron chi connectivity index (χ4n) is 3.21. The SMILES string of the molecule is Cc1ccc(S(=O)(=O)N2CCC(C(=O)Nc3ccc(Br)cc3F)CC2)cc1C. The molecule has 2 aromatic carbocycles. The summed E-state index contributed by atoms with van der Waals surface area (Å²) in [5, 5.41) is 2.60. The number of sulfonamides is 1. The van der Waals surface area contributed by atoms with Crippen LogP contribution in [0.25, 0.3) is 0 Å². The minimum absolute atomic E-state index is 0.124. The first-order valence-electron chi connectivity index (χ1n) is 9.02. The second-order valence-corrected chi connectivity index (χ2v) is 9.89. The fourth-order valence-corrected chi connectivity index (χ4v) is 5.10. The number of nitrogens with zero attached hydrogens (tertiary/aromatic N) is 1. The molecule has 1 fully saturated rings. The number of nitrogens with one attached hydrogen (secondary N) is 1. The average Bonchev–Trinajstić information content (AvgIpc) is 2.66. The Labute approximate surface area is 173 Å². The number of anilines is 1. The van der Waals surface area contributed by atoms with E-state index in [1.54, 1.807) is 24.3 Å². The number of hydrogen-bond acceptors (Lipinski definition) is 3. The van der Waals surface area contributed by atoms with Gasteiger partial charge in [-0.25, -0.2) is 12.8 Å². The Hall–Kier alpha value is -1.77. The molecule has 0 spiro atoms. The summed E-state index contributed by atoms with van der Waals surface area (Å²) < 4.78 is 41.7. The van der Waals surface area contributed by atoms with Crippen LogP contribution in [0.5, 0.6) is 0 Å². The van der Waals surface area contributed by atoms with Crippen molar-refractivity contribution in [3.8, 4) is 0 Å². The number of carbonyl (C=O) groups is 1. The monoisotopic (exact) mass is 468 g/mol. The first kappa shape index (κ1) is 21.0. The van der Waals surface area contributed by atoms with Gasteiger partial charge in [0.25, 0.3) is 0 Å². The van der Waals surface area contributed by atoms with Crippen molar-refractivity contribution in [3.63, 3.8) is 0 Å². The molecule has 28 heavy (non-hydrogen) atoms. The summed E-state index contributed by atoms with van der Waals surface area (Å²) in [7, 11) is -3.58. The molecule has 150 valence electrons. The third-order valence-electron chi connectivity index (χ3n) is 5.13. The van der Waals surface area contributed by atoms with Gasteiger partial charge in [-0.3, -0.25) is 4.79 Å². The van der Waals surface area contributed by atoms with E-state index in [2.05, 4.69) is 21.2 Å². The fraction of sp³-hybridized carbons (Fsp3) is 0.350. The van der Waals surface area contributed by atoms with Crippen molar-refractivity contribution in [1.29, 1.82) is 0 Å². The Morgan fingerprint density at radius 3 is 2.39 bits per heavy atom. The van der Waals surface area contributed by atoms with Crippen molar-refractivity contribution >= 4 is 37.5 Å². The maximum absolute atomic E-state index is 13.9. The van der Waals surface area contributed by atoms with Gasteiger partial charge >= 0.3 is 0 Å². The van der Waals surface area contributed by atoms with Crippen LogP contribution in [0.1, 0.15) is 24.0 Å². The lowest BCUT2D eigenvalue weighted by molar-refractivity contribution is -0.120. The molecule has 0 aromatic heterocycles. The zero-order chi connectivity index (χ0) is 20.5. The summed E-state index contributed by atoms with van der Waals surface area (Å²) in [5.41, 5.74) is 2.08. The van der Waals surface area contributed by atoms with E-state index in [9.17, 15) is 17.6 Å². The van der Waals surface area contributed by atoms with Crippen LogP contribution in [0.3, 0.4) is 0 Å². The van der Waals surface area contributed by atoms with Crippen LogP contribution in [0.4, 0.5) is 10.1 Å². The Bertz CT molecular complexity index is 1000. The maximum Gasteiger partial charge on any atom is 0.243 e. The smallest absolute Gasteiger partial charge is 0.243 e. The van der Waals surface area contributed by atoms with E-state index in [1.165, 1.54) is 16.4 Å². The molecule has 1 aliphatic rings. The van der Waals surface area contributed by atoms with Gasteiger partial charge in [-0.15, -0.1) is 0 Å². The molecule has 1 heterocycles. The van der Waals surface area contributed by atoms with Crippen molar-refractivity contribution in [1.82, 2.24) is 4.31 Å². The molecule has 0 aliphatic carbocycles. The van der Waals surface area contributed by atoms with Crippen LogP contribution in [0.2, 0.25) is 0 Å². The molecule has 5 nitrogen and oxygen atoms in total. The molecule has 0 bridgehead atoms. The second-order valence-electron chi connectivity index (χ2n) is 7.04. The van der Waals surface area contributed by atoms with Crippen LogP contribution >= 0.6 is 15.9 Å². The number of benzene rings is 2. The van der Waals surface area contributed by atoms with Gasteiger partial charge in [-0.2, -0.15) is 4.31 Å². The molecule has 3 rings (SSSR count). The van der Waals surface area contributed by atoms with Crippen molar-refractivity contribution in [2.75, 3.05) is 18.4 Å². The third-order valence-corrected chi connectivity index (χ3v) is 7.52. The molecular formula is C20H22BrFN2O3S. The van der Waals surface area contributed by atoms with Crippen LogP contribution in [0, 0.1) is 25.6 Å². The van der Waals surface area contributed by atoms with Gasteiger partial charge in [0.1, 0.15) is 5.82 Å². The van der Waals surface area contributed by atoms with Crippen LogP contribution in [-0.4, -0.2) is 31.7 Å². The van der Waals surface area contributed by atoms with Gasteiger partial charge < -0.3 is 5.32 Å². The third kappa shape index (κ3) is 4.45. The molecule has 2 aromatic rings. The predicted molar refractivity (Wildman–Crippen MR) is 110 cm³/mol. The summed E-state index contributed by atoms with van der Waals surface area (Å²) in [6.07, 6.45) is 0.794. The van der Waals surface area contributed by atoms with E-state index < -0.39 is 15.8 Å². The van der Waals surface area contributed by atoms with Gasteiger partial charge in [0, 0.05) is 23.5 Å². The molecule has 1 aliphatic heterocycles. The molecule has 0 unspecified atom stereocenters. The molecule has 8 heteroatoms. The van der Waals surface area contributed by atoms with Crippen molar-refractivity contribution < 1.29 is 17.6 Å². The van der Waals surface area contributed by atoms with Crippen molar-refractivity contribution in [3.05, 3.63) is 57.8 Å². The number of carbonyl (C=O) groups excluding carboxylic acids is 1. The molecule has 0 radical (unpaired) electrons. The van der Waals surface area contributed by atoms with Gasteiger partial charge in [-0.1, -0.05) is 22.0 Å². The highest BCUT2D eigenvalue weighted by Crippen LogP contribution is 2.27. The molecule has 0 saturated carbocycles. The highest BCUT2D eigenvalue weighted by Gasteiger charge is 2.32. The van der Waals surface area contributed by atoms with Gasteiger partial charge in [-0.05, 0) is 68.1 Å². The van der Waals surface area contributed by atoms with Gasteiger partial charge in [0.15, 0.2) is 0 Å². The Kier molecular flexibility index (Phi) is 6.21. The van der Waals surface area contributed by atoms with Crippen molar-refractivity contribution in [2.24, 2.45) is 5.92 Å². The zero-order valence-electron chi connectivity index (χ0n) is 15.7. The second kappa shape index (κ2) is 8.31. The first-order chi connectivity index (χ1) is 13.2. The Balaban J connectivity index is 1.64. The highest BCUT2D eigenvalue weighted by molar-refractivity contribution is 9.10. The zero-order valence-corrected chi connectivity index (χ0v) is 18.1. The minimum atomic E-state index is -3.58. The van der Waals surface area contributed by atoms with E-state index >= 15 is 0 Å². The van der Waals surface area contributed by atoms with Crippen LogP contribution < -0.4 is 5.32 Å². The van der Waals surface area contributed by atoms with E-state index in [-0.39, 0.29) is 35.5 Å². The number of piperidine rings is 1.